The maximum Gasteiger partial charge on any atom is 0.410 e. The number of nitrogens with zero attached hydrogens (tertiary/aromatic N) is 4. The zero-order valence-corrected chi connectivity index (χ0v) is 19.3. The maximum absolute atomic E-state index is 12.4. The number of thioether (sulfide) groups is 1. The van der Waals surface area contributed by atoms with E-state index in [2.05, 4.69) is 21.2 Å². The van der Waals surface area contributed by atoms with E-state index < -0.39 is 17.6 Å². The molecule has 2 amide bonds. The van der Waals surface area contributed by atoms with Crippen molar-refractivity contribution in [1.82, 2.24) is 10.2 Å². The third kappa shape index (κ3) is 5.48. The predicted molar refractivity (Wildman–Crippen MR) is 110 cm³/mol. The van der Waals surface area contributed by atoms with E-state index >= 15 is 0 Å². The van der Waals surface area contributed by atoms with Crippen LogP contribution >= 0.6 is 23.1 Å². The number of amides is 2. The van der Waals surface area contributed by atoms with Gasteiger partial charge in [0.25, 0.3) is 5.03 Å². The van der Waals surface area contributed by atoms with Gasteiger partial charge in [-0.25, -0.2) is 4.79 Å². The van der Waals surface area contributed by atoms with Crippen molar-refractivity contribution in [3.05, 3.63) is 16.0 Å². The summed E-state index contributed by atoms with van der Waals surface area (Å²) in [6.07, 6.45) is 0.273. The van der Waals surface area contributed by atoms with E-state index in [1.54, 1.807) is 11.9 Å². The lowest BCUT2D eigenvalue weighted by molar-refractivity contribution is -0.772. The monoisotopic (exact) mass is 465 g/mol. The minimum absolute atomic E-state index is 0.146. The average molecular weight is 466 g/mol. The van der Waals surface area contributed by atoms with Gasteiger partial charge in [0.05, 0.1) is 17.4 Å². The van der Waals surface area contributed by atoms with E-state index in [1.807, 2.05) is 20.8 Å². The predicted octanol–water partition coefficient (Wildman–Crippen LogP) is 1.92. The van der Waals surface area contributed by atoms with Crippen LogP contribution in [0.2, 0.25) is 0 Å². The topological polar surface area (TPSA) is 135 Å². The molecule has 0 bridgehead atoms. The second-order valence-corrected chi connectivity index (χ2v) is 10.1. The van der Waals surface area contributed by atoms with Gasteiger partial charge in [0.15, 0.2) is 13.0 Å². The van der Waals surface area contributed by atoms with Crippen molar-refractivity contribution in [3.63, 3.8) is 0 Å². The van der Waals surface area contributed by atoms with Crippen LogP contribution in [0, 0.1) is 11.3 Å². The van der Waals surface area contributed by atoms with Crippen LogP contribution < -0.4 is 15.1 Å². The molecule has 0 spiro atoms. The molecule has 0 unspecified atom stereocenters. The molecule has 0 saturated heterocycles. The molecule has 0 fully saturated rings. The standard InChI is InChI=1S/C19H23N5O5S2/c1-19(2,3)28-18(27)24-7-5-11-12(9-20)15(31-13(11)10-24)21-14(25)6-8-30-16-17(26)29-22-23(16)4/h5-8,10H2,1-4H3,(H-,21,22,25,26). The molecule has 1 aliphatic rings. The first-order chi connectivity index (χ1) is 14.6. The Morgan fingerprint density at radius 1 is 1.48 bits per heavy atom. The number of carbonyl (C=O) groups is 2. The fourth-order valence-electron chi connectivity index (χ4n) is 2.98. The molecule has 31 heavy (non-hydrogen) atoms. The van der Waals surface area contributed by atoms with E-state index in [9.17, 15) is 20.0 Å². The number of carbonyl (C=O) groups excluding carboxylic acids is 2. The van der Waals surface area contributed by atoms with Crippen LogP contribution in [0.4, 0.5) is 9.80 Å². The highest BCUT2D eigenvalue weighted by Crippen LogP contribution is 2.37. The van der Waals surface area contributed by atoms with Crippen LogP contribution in [0.15, 0.2) is 9.55 Å². The van der Waals surface area contributed by atoms with E-state index in [1.165, 1.54) is 27.8 Å². The number of hydrogen-bond donors (Lipinski definition) is 1. The van der Waals surface area contributed by atoms with Crippen molar-refractivity contribution in [2.45, 2.75) is 50.8 Å². The Morgan fingerprint density at radius 2 is 2.23 bits per heavy atom. The smallest absolute Gasteiger partial charge is 0.410 e. The van der Waals surface area contributed by atoms with Crippen molar-refractivity contribution in [2.24, 2.45) is 7.05 Å². The van der Waals surface area contributed by atoms with Crippen LogP contribution in [0.1, 0.15) is 43.2 Å². The zero-order valence-electron chi connectivity index (χ0n) is 17.7. The minimum Gasteiger partial charge on any atom is -0.538 e. The number of nitrogens with one attached hydrogen (secondary N) is 1. The SMILES string of the molecule is C[n+]1noc([O-])c1SCCC(=O)Nc1sc2c(c1C#N)CCN(C(=O)OC(C)(C)C)C2. The Kier molecular flexibility index (Phi) is 6.76. The van der Waals surface area contributed by atoms with Crippen LogP contribution in [0.25, 0.3) is 0 Å². The molecule has 12 heteroatoms. The lowest BCUT2D eigenvalue weighted by Crippen LogP contribution is -2.39. The molecule has 0 aromatic carbocycles. The lowest BCUT2D eigenvalue weighted by atomic mass is 10.0. The first-order valence-electron chi connectivity index (χ1n) is 9.57. The highest BCUT2D eigenvalue weighted by Gasteiger charge is 2.30. The summed E-state index contributed by atoms with van der Waals surface area (Å²) in [4.78, 5) is 27.2. The van der Waals surface area contributed by atoms with Crippen molar-refractivity contribution in [1.29, 1.82) is 5.26 Å². The number of ether oxygens (including phenoxy) is 1. The third-order valence-corrected chi connectivity index (χ3v) is 6.60. The highest BCUT2D eigenvalue weighted by molar-refractivity contribution is 7.99. The first-order valence-corrected chi connectivity index (χ1v) is 11.4. The highest BCUT2D eigenvalue weighted by atomic mass is 32.2. The maximum atomic E-state index is 12.4. The van der Waals surface area contributed by atoms with E-state index in [0.717, 1.165) is 10.4 Å². The molecule has 166 valence electrons. The van der Waals surface area contributed by atoms with Crippen molar-refractivity contribution < 1.29 is 28.6 Å². The van der Waals surface area contributed by atoms with Gasteiger partial charge in [0.1, 0.15) is 16.7 Å². The van der Waals surface area contributed by atoms with Gasteiger partial charge < -0.3 is 24.6 Å². The normalized spacial score (nSPS) is 13.5. The van der Waals surface area contributed by atoms with Crippen LogP contribution in [0.3, 0.4) is 0 Å². The summed E-state index contributed by atoms with van der Waals surface area (Å²) in [7, 11) is 1.59. The number of aromatic nitrogens is 2. The molecule has 3 rings (SSSR count). The van der Waals surface area contributed by atoms with E-state index in [-0.39, 0.29) is 12.3 Å². The summed E-state index contributed by atoms with van der Waals surface area (Å²) in [5, 5.41) is 28.2. The Balaban J connectivity index is 1.62. The Hall–Kier alpha value is -2.78. The fraction of sp³-hybridized carbons (Fsp3) is 0.526. The summed E-state index contributed by atoms with van der Waals surface area (Å²) < 4.78 is 11.3. The molecule has 0 atom stereocenters. The number of nitriles is 1. The summed E-state index contributed by atoms with van der Waals surface area (Å²) in [5.74, 6) is -0.450. The van der Waals surface area contributed by atoms with Gasteiger partial charge >= 0.3 is 6.09 Å². The molecule has 1 aliphatic heterocycles. The molecular weight excluding hydrogens is 442 g/mol. The number of anilines is 1. The molecule has 0 saturated carbocycles. The largest absolute Gasteiger partial charge is 0.538 e. The summed E-state index contributed by atoms with van der Waals surface area (Å²) >= 11 is 2.48. The molecular formula is C19H23N5O5S2. The Morgan fingerprint density at radius 3 is 2.84 bits per heavy atom. The molecule has 0 radical (unpaired) electrons. The third-order valence-electron chi connectivity index (χ3n) is 4.36. The Labute approximate surface area is 187 Å². The summed E-state index contributed by atoms with van der Waals surface area (Å²) in [5.41, 5.74) is 0.722. The Bertz CT molecular complexity index is 1010. The second kappa shape index (κ2) is 9.15. The molecule has 0 aliphatic carbocycles. The van der Waals surface area contributed by atoms with Gasteiger partial charge in [0.2, 0.25) is 5.91 Å². The van der Waals surface area contributed by atoms with E-state index in [4.69, 9.17) is 4.74 Å². The molecule has 1 N–H and O–H groups in total. The average Bonchev–Trinajstić information content (AvgIpc) is 3.19. The molecule has 2 aromatic heterocycles. The summed E-state index contributed by atoms with van der Waals surface area (Å²) in [6.45, 7) is 6.22. The van der Waals surface area contributed by atoms with Crippen molar-refractivity contribution >= 4 is 40.1 Å². The first kappa shape index (κ1) is 22.9. The van der Waals surface area contributed by atoms with Crippen LogP contribution in [0.5, 0.6) is 5.95 Å². The van der Waals surface area contributed by atoms with Gasteiger partial charge in [-0.3, -0.25) is 4.79 Å². The number of fused-ring (bicyclic) bond motifs is 1. The second-order valence-electron chi connectivity index (χ2n) is 7.91. The van der Waals surface area contributed by atoms with E-state index in [0.29, 0.717) is 40.9 Å². The number of hydrogen-bond acceptors (Lipinski definition) is 9. The number of rotatable bonds is 5. The lowest BCUT2D eigenvalue weighted by Gasteiger charge is -2.29. The molecule has 3 heterocycles. The van der Waals surface area contributed by atoms with Crippen molar-refractivity contribution in [3.8, 4) is 12.0 Å². The molecule has 10 nitrogen and oxygen atoms in total. The van der Waals surface area contributed by atoms with Crippen molar-refractivity contribution in [2.75, 3.05) is 17.6 Å². The van der Waals surface area contributed by atoms with Crippen LogP contribution in [-0.2, 0) is 29.5 Å². The fourth-order valence-corrected chi connectivity index (χ4v) is 5.07. The quantitative estimate of drug-likeness (QED) is 0.523. The van der Waals surface area contributed by atoms with Gasteiger partial charge in [-0.2, -0.15) is 5.26 Å². The molecule has 2 aromatic rings. The zero-order chi connectivity index (χ0) is 22.8. The number of thiophene rings is 1. The van der Waals surface area contributed by atoms with Gasteiger partial charge in [-0.05, 0) is 32.8 Å². The van der Waals surface area contributed by atoms with Gasteiger partial charge in [-0.15, -0.1) is 11.3 Å². The minimum atomic E-state index is -0.585. The van der Waals surface area contributed by atoms with Gasteiger partial charge in [-0.1, -0.05) is 16.4 Å². The van der Waals surface area contributed by atoms with Crippen LogP contribution in [-0.4, -0.2) is 40.1 Å². The summed E-state index contributed by atoms with van der Waals surface area (Å²) in [6, 6.07) is 2.18. The van der Waals surface area contributed by atoms with Gasteiger partial charge in [0, 0.05) is 23.6 Å². The number of aryl methyl sites for hydroxylation is 1.